The van der Waals surface area contributed by atoms with E-state index in [1.165, 1.54) is 19.1 Å². The van der Waals surface area contributed by atoms with Crippen molar-refractivity contribution < 1.29 is 116 Å². The van der Waals surface area contributed by atoms with E-state index in [0.29, 0.717) is 0 Å². The first-order valence-electron chi connectivity index (χ1n) is 10.2. The van der Waals surface area contributed by atoms with Crippen molar-refractivity contribution in [3.8, 4) is 5.75 Å². The maximum atomic E-state index is 12.1. The molecule has 1 fully saturated rings. The quantitative estimate of drug-likeness (QED) is 0.0950. The normalized spacial score (nSPS) is 23.5. The number of H-pyrrole nitrogens is 1. The summed E-state index contributed by atoms with van der Waals surface area (Å²) in [6.45, 7) is -0.695. The number of hydrogen-bond acceptors (Lipinski definition) is 14. The second-order valence-electron chi connectivity index (χ2n) is 7.63. The van der Waals surface area contributed by atoms with Crippen molar-refractivity contribution in [1.82, 2.24) is 9.55 Å². The molecule has 1 aliphatic heterocycles. The second-order valence-corrected chi connectivity index (χ2v) is 10.6. The van der Waals surface area contributed by atoms with E-state index >= 15 is 0 Å². The van der Waals surface area contributed by atoms with E-state index in [1.807, 2.05) is 4.98 Å². The van der Waals surface area contributed by atoms with Crippen LogP contribution < -0.4 is 85.5 Å². The largest absolute Gasteiger partial charge is 1.00 e. The number of phosphoric ester groups is 2. The molecule has 0 saturated carbocycles. The molecule has 1 aromatic carbocycles. The maximum absolute atomic E-state index is 12.1. The smallest absolute Gasteiger partial charge is 0.756 e. The minimum absolute atomic E-state index is 0. The van der Waals surface area contributed by atoms with Crippen molar-refractivity contribution in [2.24, 2.45) is 0 Å². The van der Waals surface area contributed by atoms with Crippen LogP contribution >= 0.6 is 15.6 Å². The zero-order chi connectivity index (χ0) is 27.5. The van der Waals surface area contributed by atoms with Gasteiger partial charge in [0.25, 0.3) is 21.2 Å². The topological polar surface area (TPSA) is 262 Å². The van der Waals surface area contributed by atoms with Gasteiger partial charge in [0.15, 0.2) is 6.23 Å². The van der Waals surface area contributed by atoms with Crippen LogP contribution in [0.3, 0.4) is 0 Å². The molecule has 1 saturated heterocycles. The van der Waals surface area contributed by atoms with Gasteiger partial charge in [-0.25, -0.2) is 9.11 Å². The van der Waals surface area contributed by atoms with Crippen molar-refractivity contribution in [1.29, 1.82) is 0 Å². The number of aromatic amines is 1. The van der Waals surface area contributed by atoms with Gasteiger partial charge in [0.2, 0.25) is 5.91 Å². The molecule has 2 heterocycles. The molecule has 204 valence electrons. The molecule has 2 unspecified atom stereocenters. The van der Waals surface area contributed by atoms with Crippen LogP contribution in [0.25, 0.3) is 0 Å². The molecule has 5 N–H and O–H groups in total. The fourth-order valence-corrected chi connectivity index (χ4v) is 5.20. The minimum atomic E-state index is -5.64. The van der Waals surface area contributed by atoms with Gasteiger partial charge < -0.3 is 44.2 Å². The van der Waals surface area contributed by atoms with Gasteiger partial charge in [-0.15, -0.1) is 0 Å². The van der Waals surface area contributed by atoms with Gasteiger partial charge >= 0.3 is 64.8 Å². The van der Waals surface area contributed by atoms with E-state index in [0.717, 1.165) is 22.9 Å². The number of nitrogens with one attached hydrogen (secondary N) is 2. The number of anilines is 1. The molecule has 2 aromatic rings. The Kier molecular flexibility index (Phi) is 14.0. The number of aromatic nitrogens is 2. The molecule has 3 rings (SSSR count). The Labute approximate surface area is 263 Å². The minimum Gasteiger partial charge on any atom is -0.756 e. The fourth-order valence-electron chi connectivity index (χ4n) is 3.22. The summed E-state index contributed by atoms with van der Waals surface area (Å²) in [6, 6.07) is 4.46. The third-order valence-electron chi connectivity index (χ3n) is 4.84. The number of ether oxygens (including phenoxy) is 1. The predicted octanol–water partition coefficient (Wildman–Crippen LogP) is -7.99. The SMILES string of the molecule is CC(=O)Nc1ccc(O)cc1COP(=O)([O-])OP(=O)([O-])OC[C@H]1O[C@@H](n2ccc(=O)[nH]c2=O)[C@H](O)[C@@H]1O.[Na+].[Na+]. The standard InChI is InChI=1S/C18H23N3O14P2.2Na/c1-9(22)19-12-3-2-11(23)6-10(12)7-32-36(28,29)35-37(30,31)33-8-13-15(25)16(26)17(34-13)21-5-4-14(24)20-18(21)27;;/h2-6,13,15-17,23,25-26H,7-8H2,1H3,(H,19,22)(H,28,29)(H,30,31)(H,20,24,27);;/q;2*+1/p-2/t13-,15-,16-,17-;;/m1../s1. The average molecular weight is 611 g/mol. The number of phenols is 1. The molecular weight excluding hydrogens is 590 g/mol. The molecule has 0 bridgehead atoms. The third-order valence-corrected chi connectivity index (χ3v) is 7.35. The Balaban J connectivity index is 0.00000380. The van der Waals surface area contributed by atoms with Crippen LogP contribution in [-0.2, 0) is 38.6 Å². The number of aromatic hydroxyl groups is 1. The van der Waals surface area contributed by atoms with E-state index < -0.39 is 70.6 Å². The van der Waals surface area contributed by atoms with E-state index in [1.54, 1.807) is 0 Å². The van der Waals surface area contributed by atoms with Gasteiger partial charge in [0, 0.05) is 30.4 Å². The third kappa shape index (κ3) is 10.3. The Morgan fingerprint density at radius 2 is 1.77 bits per heavy atom. The first-order chi connectivity index (χ1) is 17.2. The van der Waals surface area contributed by atoms with Crippen molar-refractivity contribution in [2.75, 3.05) is 11.9 Å². The number of nitrogens with zero attached hydrogens (tertiary/aromatic N) is 1. The summed E-state index contributed by atoms with van der Waals surface area (Å²) < 4.78 is 43.0. The summed E-state index contributed by atoms with van der Waals surface area (Å²) in [5.41, 5.74) is -1.68. The van der Waals surface area contributed by atoms with Crippen LogP contribution in [0, 0.1) is 0 Å². The van der Waals surface area contributed by atoms with Crippen molar-refractivity contribution in [3.63, 3.8) is 0 Å². The summed E-state index contributed by atoms with van der Waals surface area (Å²) >= 11 is 0. The number of benzene rings is 1. The molecule has 0 radical (unpaired) electrons. The fraction of sp³-hybridized carbons (Fsp3) is 0.389. The van der Waals surface area contributed by atoms with E-state index in [4.69, 9.17) is 4.74 Å². The molecule has 39 heavy (non-hydrogen) atoms. The number of aliphatic hydroxyl groups is 2. The molecule has 21 heteroatoms. The zero-order valence-corrected chi connectivity index (χ0v) is 26.6. The van der Waals surface area contributed by atoms with Crippen LogP contribution in [0.1, 0.15) is 18.7 Å². The van der Waals surface area contributed by atoms with Gasteiger partial charge in [0.05, 0.1) is 13.2 Å². The summed E-state index contributed by atoms with van der Waals surface area (Å²) in [7, 11) is -11.2. The number of carbonyl (C=O) groups excluding carboxylic acids is 1. The van der Waals surface area contributed by atoms with Gasteiger partial charge in [-0.1, -0.05) is 0 Å². The number of aliphatic hydroxyl groups excluding tert-OH is 2. The first-order valence-corrected chi connectivity index (χ1v) is 13.1. The number of hydrogen-bond donors (Lipinski definition) is 5. The first kappa shape index (κ1) is 36.3. The number of rotatable bonds is 10. The average Bonchev–Trinajstić information content (AvgIpc) is 3.05. The van der Waals surface area contributed by atoms with E-state index in [2.05, 4.69) is 18.7 Å². The molecular formula is C18H21N3Na2O14P2. The predicted molar refractivity (Wildman–Crippen MR) is 117 cm³/mol. The van der Waals surface area contributed by atoms with Gasteiger partial charge in [-0.05, 0) is 18.2 Å². The van der Waals surface area contributed by atoms with Crippen LogP contribution in [0.15, 0.2) is 40.1 Å². The van der Waals surface area contributed by atoms with Crippen LogP contribution in [-0.4, -0.2) is 55.7 Å². The maximum Gasteiger partial charge on any atom is 1.00 e. The van der Waals surface area contributed by atoms with Crippen molar-refractivity contribution in [2.45, 2.75) is 38.1 Å². The van der Waals surface area contributed by atoms with Gasteiger partial charge in [-0.2, -0.15) is 0 Å². The van der Waals surface area contributed by atoms with Gasteiger partial charge in [0.1, 0.15) is 24.1 Å². The van der Waals surface area contributed by atoms with Crippen molar-refractivity contribution in [3.05, 3.63) is 56.9 Å². The Bertz CT molecular complexity index is 1370. The molecule has 17 nitrogen and oxygen atoms in total. The van der Waals surface area contributed by atoms with E-state index in [9.17, 15) is 48.6 Å². The van der Waals surface area contributed by atoms with Crippen molar-refractivity contribution >= 4 is 27.2 Å². The molecule has 6 atom stereocenters. The van der Waals surface area contributed by atoms with Crippen LogP contribution in [0.4, 0.5) is 5.69 Å². The Hall–Kier alpha value is -0.690. The summed E-state index contributed by atoms with van der Waals surface area (Å²) in [5, 5.41) is 32.2. The Morgan fingerprint density at radius 1 is 1.13 bits per heavy atom. The summed E-state index contributed by atoms with van der Waals surface area (Å²) in [6.07, 6.45) is -5.66. The van der Waals surface area contributed by atoms with Gasteiger partial charge in [-0.3, -0.25) is 28.3 Å². The zero-order valence-electron chi connectivity index (χ0n) is 20.8. The molecule has 0 aliphatic carbocycles. The molecule has 1 aliphatic rings. The van der Waals surface area contributed by atoms with Crippen LogP contribution in [0.2, 0.25) is 0 Å². The number of amides is 1. The molecule has 0 spiro atoms. The number of phosphoric acid groups is 2. The molecule has 1 amide bonds. The van der Waals surface area contributed by atoms with Crippen LogP contribution in [0.5, 0.6) is 5.75 Å². The molecule has 1 aromatic heterocycles. The monoisotopic (exact) mass is 611 g/mol. The second kappa shape index (κ2) is 15.0. The summed E-state index contributed by atoms with van der Waals surface area (Å²) in [4.78, 5) is 60.4. The number of phenolic OH excluding ortho intramolecular Hbond substituents is 1. The van der Waals surface area contributed by atoms with E-state index in [-0.39, 0.29) is 76.1 Å². The number of carbonyl (C=O) groups is 1. The Morgan fingerprint density at radius 3 is 2.38 bits per heavy atom. The summed E-state index contributed by atoms with van der Waals surface area (Å²) in [5.74, 6) is -0.813.